The summed E-state index contributed by atoms with van der Waals surface area (Å²) in [7, 11) is 0. The van der Waals surface area contributed by atoms with Gasteiger partial charge in [0.2, 0.25) is 5.91 Å². The van der Waals surface area contributed by atoms with E-state index in [-0.39, 0.29) is 23.7 Å². The van der Waals surface area contributed by atoms with Crippen molar-refractivity contribution in [3.05, 3.63) is 35.4 Å². The van der Waals surface area contributed by atoms with Crippen LogP contribution in [0.15, 0.2) is 24.3 Å². The lowest BCUT2D eigenvalue weighted by Gasteiger charge is -2.20. The second-order valence-corrected chi connectivity index (χ2v) is 6.81. The van der Waals surface area contributed by atoms with Crippen molar-refractivity contribution in [2.45, 2.75) is 50.7 Å². The van der Waals surface area contributed by atoms with Crippen LogP contribution in [-0.4, -0.2) is 18.5 Å². The molecule has 0 radical (unpaired) electrons. The Morgan fingerprint density at radius 1 is 1.33 bits per heavy atom. The molecule has 1 fully saturated rings. The molecule has 0 aliphatic heterocycles. The standard InChI is InChI=1S/C17H23F3N2O.ClH/c1-11(2)8-14(21)15(23)22-10-16(6-7-16)12-4-3-5-13(9-12)17(18,19)20;/h3-5,9,11,14H,6-8,10,21H2,1-2H3,(H,22,23);1H/t14-;/m0./s1. The number of rotatable bonds is 6. The zero-order chi connectivity index (χ0) is 17.3. The molecule has 1 atom stereocenters. The second-order valence-electron chi connectivity index (χ2n) is 6.81. The summed E-state index contributed by atoms with van der Waals surface area (Å²) in [5.74, 6) is 0.0750. The van der Waals surface area contributed by atoms with Crippen LogP contribution in [0.25, 0.3) is 0 Å². The summed E-state index contributed by atoms with van der Waals surface area (Å²) in [4.78, 5) is 12.0. The lowest BCUT2D eigenvalue weighted by atomic mass is 9.94. The minimum absolute atomic E-state index is 0. The molecule has 0 spiro atoms. The van der Waals surface area contributed by atoms with Crippen molar-refractivity contribution >= 4 is 18.3 Å². The van der Waals surface area contributed by atoms with Gasteiger partial charge in [-0.25, -0.2) is 0 Å². The number of carbonyl (C=O) groups is 1. The summed E-state index contributed by atoms with van der Waals surface area (Å²) >= 11 is 0. The fourth-order valence-corrected chi connectivity index (χ4v) is 2.75. The quantitative estimate of drug-likeness (QED) is 0.809. The average molecular weight is 365 g/mol. The Morgan fingerprint density at radius 3 is 2.46 bits per heavy atom. The van der Waals surface area contributed by atoms with Gasteiger partial charge in [0.15, 0.2) is 0 Å². The van der Waals surface area contributed by atoms with E-state index in [9.17, 15) is 18.0 Å². The summed E-state index contributed by atoms with van der Waals surface area (Å²) < 4.78 is 38.5. The topological polar surface area (TPSA) is 55.1 Å². The highest BCUT2D eigenvalue weighted by atomic mass is 35.5. The van der Waals surface area contributed by atoms with Crippen molar-refractivity contribution in [2.75, 3.05) is 6.54 Å². The molecule has 1 aliphatic rings. The van der Waals surface area contributed by atoms with Crippen LogP contribution in [0.4, 0.5) is 13.2 Å². The Hall–Kier alpha value is -1.27. The highest BCUT2D eigenvalue weighted by molar-refractivity contribution is 5.85. The first-order valence-corrected chi connectivity index (χ1v) is 7.85. The van der Waals surface area contributed by atoms with E-state index < -0.39 is 17.8 Å². The second kappa shape index (κ2) is 7.74. The predicted octanol–water partition coefficient (Wildman–Crippen LogP) is 3.65. The molecule has 2 rings (SSSR count). The Labute approximate surface area is 146 Å². The number of benzene rings is 1. The van der Waals surface area contributed by atoms with E-state index in [1.54, 1.807) is 6.07 Å². The summed E-state index contributed by atoms with van der Waals surface area (Å²) in [6.07, 6.45) is -2.22. The molecule has 1 saturated carbocycles. The smallest absolute Gasteiger partial charge is 0.354 e. The van der Waals surface area contributed by atoms with Crippen LogP contribution in [-0.2, 0) is 16.4 Å². The van der Waals surface area contributed by atoms with Gasteiger partial charge >= 0.3 is 6.18 Å². The van der Waals surface area contributed by atoms with Crippen LogP contribution >= 0.6 is 12.4 Å². The first-order chi connectivity index (χ1) is 10.6. The van der Waals surface area contributed by atoms with Gasteiger partial charge < -0.3 is 11.1 Å². The minimum Gasteiger partial charge on any atom is -0.354 e. The third-order valence-corrected chi connectivity index (χ3v) is 4.32. The van der Waals surface area contributed by atoms with E-state index in [0.717, 1.165) is 18.9 Å². The lowest BCUT2D eigenvalue weighted by Crippen LogP contribution is -2.44. The molecule has 0 saturated heterocycles. The molecule has 1 amide bonds. The molecule has 1 aromatic carbocycles. The first-order valence-electron chi connectivity index (χ1n) is 7.85. The highest BCUT2D eigenvalue weighted by Gasteiger charge is 2.45. The molecular formula is C17H24ClF3N2O. The van der Waals surface area contributed by atoms with Gasteiger partial charge in [0.1, 0.15) is 0 Å². The van der Waals surface area contributed by atoms with E-state index in [1.165, 1.54) is 12.1 Å². The Balaban J connectivity index is 0.00000288. The third kappa shape index (κ3) is 5.11. The molecule has 7 heteroatoms. The third-order valence-electron chi connectivity index (χ3n) is 4.32. The Morgan fingerprint density at radius 2 is 1.96 bits per heavy atom. The normalized spacial score (nSPS) is 17.1. The fourth-order valence-electron chi connectivity index (χ4n) is 2.75. The van der Waals surface area contributed by atoms with E-state index in [2.05, 4.69) is 5.32 Å². The maximum absolute atomic E-state index is 12.8. The number of carbonyl (C=O) groups excluding carboxylic acids is 1. The van der Waals surface area contributed by atoms with Crippen LogP contribution in [0, 0.1) is 5.92 Å². The minimum atomic E-state index is -4.35. The van der Waals surface area contributed by atoms with Crippen molar-refractivity contribution in [1.82, 2.24) is 5.32 Å². The van der Waals surface area contributed by atoms with Gasteiger partial charge in [-0.05, 0) is 36.8 Å². The number of halogens is 4. The predicted molar refractivity (Wildman–Crippen MR) is 90.0 cm³/mol. The van der Waals surface area contributed by atoms with Crippen molar-refractivity contribution in [2.24, 2.45) is 11.7 Å². The van der Waals surface area contributed by atoms with Crippen LogP contribution in [0.2, 0.25) is 0 Å². The van der Waals surface area contributed by atoms with Gasteiger partial charge in [-0.15, -0.1) is 12.4 Å². The van der Waals surface area contributed by atoms with E-state index in [1.807, 2.05) is 13.8 Å². The molecule has 1 aliphatic carbocycles. The molecule has 3 N–H and O–H groups in total. The van der Waals surface area contributed by atoms with Crippen molar-refractivity contribution in [3.63, 3.8) is 0 Å². The van der Waals surface area contributed by atoms with Crippen LogP contribution in [0.1, 0.15) is 44.2 Å². The van der Waals surface area contributed by atoms with Crippen LogP contribution < -0.4 is 11.1 Å². The van der Waals surface area contributed by atoms with E-state index in [0.29, 0.717) is 24.4 Å². The SMILES string of the molecule is CC(C)C[C@H](N)C(=O)NCC1(c2cccc(C(F)(F)F)c2)CC1.Cl. The average Bonchev–Trinajstić information content (AvgIpc) is 3.24. The molecule has 0 heterocycles. The molecule has 136 valence electrons. The largest absolute Gasteiger partial charge is 0.416 e. The van der Waals surface area contributed by atoms with Crippen molar-refractivity contribution in [3.8, 4) is 0 Å². The molecule has 0 aromatic heterocycles. The molecule has 24 heavy (non-hydrogen) atoms. The van der Waals surface area contributed by atoms with Crippen molar-refractivity contribution < 1.29 is 18.0 Å². The van der Waals surface area contributed by atoms with Crippen molar-refractivity contribution in [1.29, 1.82) is 0 Å². The van der Waals surface area contributed by atoms with Gasteiger partial charge in [-0.3, -0.25) is 4.79 Å². The molecule has 0 unspecified atom stereocenters. The van der Waals surface area contributed by atoms with E-state index >= 15 is 0 Å². The van der Waals surface area contributed by atoms with Gasteiger partial charge in [-0.1, -0.05) is 32.0 Å². The van der Waals surface area contributed by atoms with Crippen LogP contribution in [0.3, 0.4) is 0 Å². The maximum atomic E-state index is 12.8. The molecular weight excluding hydrogens is 341 g/mol. The number of hydrogen-bond donors (Lipinski definition) is 2. The Kier molecular flexibility index (Phi) is 6.70. The number of nitrogens with two attached hydrogens (primary N) is 1. The van der Waals surface area contributed by atoms with Gasteiger partial charge in [0.05, 0.1) is 11.6 Å². The first kappa shape index (κ1) is 20.8. The summed E-state index contributed by atoms with van der Waals surface area (Å²) in [5.41, 5.74) is 5.43. The molecule has 1 aromatic rings. The molecule has 3 nitrogen and oxygen atoms in total. The number of hydrogen-bond acceptors (Lipinski definition) is 2. The molecule has 0 bridgehead atoms. The summed E-state index contributed by atoms with van der Waals surface area (Å²) in [5, 5.41) is 2.80. The zero-order valence-electron chi connectivity index (χ0n) is 13.8. The lowest BCUT2D eigenvalue weighted by molar-refractivity contribution is -0.137. The summed E-state index contributed by atoms with van der Waals surface area (Å²) in [6, 6.07) is 4.80. The van der Waals surface area contributed by atoms with Crippen LogP contribution in [0.5, 0.6) is 0 Å². The highest BCUT2D eigenvalue weighted by Crippen LogP contribution is 2.48. The number of nitrogens with one attached hydrogen (secondary N) is 1. The van der Waals surface area contributed by atoms with Gasteiger partial charge in [0, 0.05) is 12.0 Å². The monoisotopic (exact) mass is 364 g/mol. The van der Waals surface area contributed by atoms with Gasteiger partial charge in [-0.2, -0.15) is 13.2 Å². The number of amides is 1. The van der Waals surface area contributed by atoms with E-state index in [4.69, 9.17) is 5.73 Å². The Bertz CT molecular complexity index is 571. The maximum Gasteiger partial charge on any atom is 0.416 e. The summed E-state index contributed by atoms with van der Waals surface area (Å²) in [6.45, 7) is 4.30. The zero-order valence-corrected chi connectivity index (χ0v) is 14.6. The fraction of sp³-hybridized carbons (Fsp3) is 0.588. The number of alkyl halides is 3. The van der Waals surface area contributed by atoms with Gasteiger partial charge in [0.25, 0.3) is 0 Å².